The topological polar surface area (TPSA) is 49.9 Å². The molecule has 0 aliphatic heterocycles. The third-order valence-corrected chi connectivity index (χ3v) is 4.12. The van der Waals surface area contributed by atoms with Crippen LogP contribution < -0.4 is 10.1 Å². The molecule has 1 aromatic heterocycles. The minimum Gasteiger partial charge on any atom is -0.494 e. The quantitative estimate of drug-likeness (QED) is 0.517. The summed E-state index contributed by atoms with van der Waals surface area (Å²) in [6.07, 6.45) is 3.64. The summed E-state index contributed by atoms with van der Waals surface area (Å²) in [5, 5.41) is 4.43. The first-order valence-corrected chi connectivity index (χ1v) is 8.78. The number of hydrogen-bond acceptors (Lipinski definition) is 4. The highest BCUT2D eigenvalue weighted by atomic mass is 32.2. The van der Waals surface area contributed by atoms with Crippen molar-refractivity contribution in [2.24, 2.45) is 0 Å². The molecule has 0 amide bonds. The molecule has 5 heteroatoms. The number of fused-ring (bicyclic) bond motifs is 1. The molecule has 0 unspecified atom stereocenters. The Bertz CT molecular complexity index is 541. The van der Waals surface area contributed by atoms with Gasteiger partial charge in [0.25, 0.3) is 0 Å². The second-order valence-electron chi connectivity index (χ2n) is 4.96. The lowest BCUT2D eigenvalue weighted by Crippen LogP contribution is -2.15. The molecule has 0 saturated carbocycles. The van der Waals surface area contributed by atoms with Gasteiger partial charge in [-0.05, 0) is 51.4 Å². The molecule has 0 aliphatic rings. The number of imidazole rings is 1. The van der Waals surface area contributed by atoms with E-state index < -0.39 is 0 Å². The van der Waals surface area contributed by atoms with Gasteiger partial charge in [-0.2, -0.15) is 0 Å². The standard InChI is InChI=1S/C16H25N3OS/c1-3-9-17-10-5-6-11-21-16-18-14-8-7-13(20-4-2)12-15(14)19-16/h7-8,12,17H,3-6,9-11H2,1-2H3,(H,18,19). The van der Waals surface area contributed by atoms with E-state index in [0.29, 0.717) is 6.61 Å². The Hall–Kier alpha value is -1.20. The smallest absolute Gasteiger partial charge is 0.166 e. The third-order valence-electron chi connectivity index (χ3n) is 3.16. The zero-order valence-electron chi connectivity index (χ0n) is 12.9. The molecule has 2 rings (SSSR count). The fourth-order valence-corrected chi connectivity index (χ4v) is 3.00. The van der Waals surface area contributed by atoms with Crippen molar-refractivity contribution >= 4 is 22.8 Å². The van der Waals surface area contributed by atoms with Crippen molar-refractivity contribution in [2.45, 2.75) is 38.3 Å². The highest BCUT2D eigenvalue weighted by molar-refractivity contribution is 7.99. The van der Waals surface area contributed by atoms with Gasteiger partial charge in [-0.25, -0.2) is 4.98 Å². The second kappa shape index (κ2) is 8.95. The highest BCUT2D eigenvalue weighted by Crippen LogP contribution is 2.23. The summed E-state index contributed by atoms with van der Waals surface area (Å²) in [6, 6.07) is 6.00. The number of thioether (sulfide) groups is 1. The molecule has 0 atom stereocenters. The van der Waals surface area contributed by atoms with Crippen molar-refractivity contribution in [3.63, 3.8) is 0 Å². The summed E-state index contributed by atoms with van der Waals surface area (Å²) < 4.78 is 5.51. The van der Waals surface area contributed by atoms with Crippen molar-refractivity contribution in [1.82, 2.24) is 15.3 Å². The number of unbranched alkanes of at least 4 members (excludes halogenated alkanes) is 1. The van der Waals surface area contributed by atoms with E-state index in [4.69, 9.17) is 4.74 Å². The van der Waals surface area contributed by atoms with Gasteiger partial charge in [0, 0.05) is 11.8 Å². The van der Waals surface area contributed by atoms with Gasteiger partial charge >= 0.3 is 0 Å². The molecule has 0 fully saturated rings. The predicted octanol–water partition coefficient (Wildman–Crippen LogP) is 3.83. The molecule has 1 aromatic carbocycles. The minimum absolute atomic E-state index is 0.688. The van der Waals surface area contributed by atoms with Crippen LogP contribution >= 0.6 is 11.8 Å². The number of ether oxygens (including phenoxy) is 1. The third kappa shape index (κ3) is 5.25. The number of benzene rings is 1. The van der Waals surface area contributed by atoms with E-state index in [1.165, 1.54) is 19.3 Å². The SMILES string of the molecule is CCCNCCCCSc1nc2ccc(OCC)cc2[nH]1. The summed E-state index contributed by atoms with van der Waals surface area (Å²) >= 11 is 1.79. The monoisotopic (exact) mass is 307 g/mol. The van der Waals surface area contributed by atoms with Gasteiger partial charge < -0.3 is 15.0 Å². The lowest BCUT2D eigenvalue weighted by Gasteiger charge is -2.01. The first-order valence-electron chi connectivity index (χ1n) is 7.79. The maximum Gasteiger partial charge on any atom is 0.166 e. The van der Waals surface area contributed by atoms with Crippen molar-refractivity contribution in [2.75, 3.05) is 25.4 Å². The van der Waals surface area contributed by atoms with Gasteiger partial charge in [-0.1, -0.05) is 18.7 Å². The lowest BCUT2D eigenvalue weighted by molar-refractivity contribution is 0.340. The number of rotatable bonds is 10. The average Bonchev–Trinajstić information content (AvgIpc) is 2.88. The number of nitrogens with one attached hydrogen (secondary N) is 2. The molecular formula is C16H25N3OS. The Labute approximate surface area is 131 Å². The number of aromatic nitrogens is 2. The normalized spacial score (nSPS) is 11.1. The van der Waals surface area contributed by atoms with Crippen LogP contribution in [0.3, 0.4) is 0 Å². The summed E-state index contributed by atoms with van der Waals surface area (Å²) in [5.74, 6) is 2.00. The molecule has 116 valence electrons. The maximum atomic E-state index is 5.51. The van der Waals surface area contributed by atoms with E-state index in [1.54, 1.807) is 11.8 Å². The number of aromatic amines is 1. The average molecular weight is 307 g/mol. The first kappa shape index (κ1) is 16.2. The summed E-state index contributed by atoms with van der Waals surface area (Å²) in [4.78, 5) is 7.96. The lowest BCUT2D eigenvalue weighted by atomic mass is 10.3. The Morgan fingerprint density at radius 1 is 1.24 bits per heavy atom. The number of hydrogen-bond donors (Lipinski definition) is 2. The van der Waals surface area contributed by atoms with Crippen molar-refractivity contribution in [3.8, 4) is 5.75 Å². The zero-order valence-corrected chi connectivity index (χ0v) is 13.8. The molecule has 2 N–H and O–H groups in total. The van der Waals surface area contributed by atoms with Crippen LogP contribution in [0, 0.1) is 0 Å². The van der Waals surface area contributed by atoms with Crippen LogP contribution in [0.1, 0.15) is 33.1 Å². The van der Waals surface area contributed by atoms with Crippen LogP contribution in [0.25, 0.3) is 11.0 Å². The molecular weight excluding hydrogens is 282 g/mol. The Morgan fingerprint density at radius 3 is 2.95 bits per heavy atom. The zero-order chi connectivity index (χ0) is 14.9. The summed E-state index contributed by atoms with van der Waals surface area (Å²) in [7, 11) is 0. The van der Waals surface area contributed by atoms with Gasteiger partial charge in [0.05, 0.1) is 17.6 Å². The minimum atomic E-state index is 0.688. The van der Waals surface area contributed by atoms with E-state index in [-0.39, 0.29) is 0 Å². The van der Waals surface area contributed by atoms with Gasteiger partial charge in [0.15, 0.2) is 5.16 Å². The predicted molar refractivity (Wildman–Crippen MR) is 90.4 cm³/mol. The van der Waals surface area contributed by atoms with Gasteiger partial charge in [0.1, 0.15) is 5.75 Å². The van der Waals surface area contributed by atoms with Crippen LogP contribution in [0.5, 0.6) is 5.75 Å². The Kier molecular flexibility index (Phi) is 6.89. The Balaban J connectivity index is 1.77. The fraction of sp³-hybridized carbons (Fsp3) is 0.562. The first-order chi connectivity index (χ1) is 10.3. The summed E-state index contributed by atoms with van der Waals surface area (Å²) in [5.41, 5.74) is 2.05. The van der Waals surface area contributed by atoms with Gasteiger partial charge in [-0.3, -0.25) is 0 Å². The van der Waals surface area contributed by atoms with Crippen molar-refractivity contribution < 1.29 is 4.74 Å². The van der Waals surface area contributed by atoms with E-state index in [1.807, 2.05) is 25.1 Å². The second-order valence-corrected chi connectivity index (χ2v) is 6.04. The molecule has 0 saturated heterocycles. The molecule has 1 heterocycles. The highest BCUT2D eigenvalue weighted by Gasteiger charge is 2.04. The molecule has 0 bridgehead atoms. The fourth-order valence-electron chi connectivity index (χ4n) is 2.11. The van der Waals surface area contributed by atoms with E-state index in [9.17, 15) is 0 Å². The molecule has 4 nitrogen and oxygen atoms in total. The number of nitrogens with zero attached hydrogens (tertiary/aromatic N) is 1. The van der Waals surface area contributed by atoms with Crippen LogP contribution in [0.4, 0.5) is 0 Å². The van der Waals surface area contributed by atoms with Crippen LogP contribution in [0.15, 0.2) is 23.4 Å². The largest absolute Gasteiger partial charge is 0.494 e. The number of H-pyrrole nitrogens is 1. The van der Waals surface area contributed by atoms with Crippen LogP contribution in [0.2, 0.25) is 0 Å². The molecule has 0 radical (unpaired) electrons. The molecule has 21 heavy (non-hydrogen) atoms. The van der Waals surface area contributed by atoms with Crippen LogP contribution in [-0.2, 0) is 0 Å². The van der Waals surface area contributed by atoms with E-state index in [0.717, 1.165) is 40.8 Å². The van der Waals surface area contributed by atoms with Crippen molar-refractivity contribution in [1.29, 1.82) is 0 Å². The van der Waals surface area contributed by atoms with Crippen LogP contribution in [-0.4, -0.2) is 35.4 Å². The summed E-state index contributed by atoms with van der Waals surface area (Å²) in [6.45, 7) is 7.12. The van der Waals surface area contributed by atoms with E-state index in [2.05, 4.69) is 22.2 Å². The van der Waals surface area contributed by atoms with Gasteiger partial charge in [0.2, 0.25) is 0 Å². The maximum absolute atomic E-state index is 5.51. The van der Waals surface area contributed by atoms with E-state index >= 15 is 0 Å². The van der Waals surface area contributed by atoms with Crippen molar-refractivity contribution in [3.05, 3.63) is 18.2 Å². The molecule has 2 aromatic rings. The molecule has 0 spiro atoms. The Morgan fingerprint density at radius 2 is 2.14 bits per heavy atom. The van der Waals surface area contributed by atoms with Gasteiger partial charge in [-0.15, -0.1) is 0 Å². The molecule has 0 aliphatic carbocycles.